The van der Waals surface area contributed by atoms with Gasteiger partial charge in [0.05, 0.1) is 43.6 Å². The molecule has 0 aromatic heterocycles. The minimum Gasteiger partial charge on any atom is -0.477 e. The van der Waals surface area contributed by atoms with Gasteiger partial charge in [-0.25, -0.2) is 4.79 Å². The minimum absolute atomic E-state index is 0.134. The number of nitrogens with two attached hydrogens (primary N) is 1. The van der Waals surface area contributed by atoms with Crippen LogP contribution >= 0.6 is 0 Å². The SMILES string of the molecule is CC(=O)N[C@H]1[C@H](O[C@@H]2COC(O)[C@H](O)[C@H]2O)O[C@H](C)[C@H](OC(C)=O)[C@@H]1O[C@]1(C(=O)O)C[C@@H](O)[C@@H](N)[C@@H]([C@H](NC=O)[C@@H](O)CO)O1. The van der Waals surface area contributed by atoms with Gasteiger partial charge in [0.1, 0.15) is 36.6 Å². The van der Waals surface area contributed by atoms with Crippen molar-refractivity contribution in [3.8, 4) is 0 Å². The topological polar surface area (TPSA) is 315 Å². The number of carbonyl (C=O) groups excluding carboxylic acids is 3. The lowest BCUT2D eigenvalue weighted by atomic mass is 9.87. The molecule has 0 radical (unpaired) electrons. The van der Waals surface area contributed by atoms with Crippen molar-refractivity contribution in [2.24, 2.45) is 5.73 Å². The summed E-state index contributed by atoms with van der Waals surface area (Å²) in [5.41, 5.74) is 6.06. The third-order valence-corrected chi connectivity index (χ3v) is 7.71. The maximum absolute atomic E-state index is 12.9. The van der Waals surface area contributed by atoms with E-state index in [1.807, 2.05) is 0 Å². The Morgan fingerprint density at radius 3 is 2.36 bits per heavy atom. The molecule has 0 saturated carbocycles. The van der Waals surface area contributed by atoms with Gasteiger partial charge in [-0.05, 0) is 6.92 Å². The zero-order valence-corrected chi connectivity index (χ0v) is 24.6. The first-order valence-electron chi connectivity index (χ1n) is 14.0. The highest BCUT2D eigenvalue weighted by Crippen LogP contribution is 2.38. The van der Waals surface area contributed by atoms with E-state index in [4.69, 9.17) is 34.2 Å². The molecule has 20 nitrogen and oxygen atoms in total. The highest BCUT2D eigenvalue weighted by atomic mass is 16.8. The number of nitrogens with one attached hydrogen (secondary N) is 2. The number of hydrogen-bond acceptors (Lipinski definition) is 17. The van der Waals surface area contributed by atoms with Gasteiger partial charge in [0.25, 0.3) is 5.79 Å². The summed E-state index contributed by atoms with van der Waals surface area (Å²) in [5.74, 6) is -6.29. The first-order valence-corrected chi connectivity index (χ1v) is 14.0. The number of aliphatic hydroxyl groups excluding tert-OH is 6. The van der Waals surface area contributed by atoms with Crippen molar-refractivity contribution in [3.63, 3.8) is 0 Å². The summed E-state index contributed by atoms with van der Waals surface area (Å²) >= 11 is 0. The Kier molecular flexibility index (Phi) is 12.6. The maximum atomic E-state index is 12.9. The molecule has 3 heterocycles. The van der Waals surface area contributed by atoms with Crippen molar-refractivity contribution in [3.05, 3.63) is 0 Å². The smallest absolute Gasteiger partial charge is 0.364 e. The number of ether oxygens (including phenoxy) is 6. The summed E-state index contributed by atoms with van der Waals surface area (Å²) in [6, 6.07) is -4.51. The van der Waals surface area contributed by atoms with E-state index in [2.05, 4.69) is 10.6 Å². The Morgan fingerprint density at radius 2 is 1.80 bits per heavy atom. The van der Waals surface area contributed by atoms with Crippen LogP contribution in [0.1, 0.15) is 27.2 Å². The number of aliphatic hydroxyl groups is 6. The Bertz CT molecular complexity index is 1050. The van der Waals surface area contributed by atoms with E-state index < -0.39 is 129 Å². The van der Waals surface area contributed by atoms with Crippen LogP contribution in [0.15, 0.2) is 0 Å². The van der Waals surface area contributed by atoms with Gasteiger partial charge in [-0.2, -0.15) is 0 Å². The maximum Gasteiger partial charge on any atom is 0.364 e. The van der Waals surface area contributed by atoms with Crippen LogP contribution in [0.4, 0.5) is 0 Å². The highest BCUT2D eigenvalue weighted by molar-refractivity contribution is 5.76. The van der Waals surface area contributed by atoms with Gasteiger partial charge in [0.15, 0.2) is 18.7 Å². The van der Waals surface area contributed by atoms with Crippen LogP contribution in [-0.4, -0.2) is 165 Å². The number of aliphatic carboxylic acids is 1. The lowest BCUT2D eigenvalue weighted by Gasteiger charge is -2.51. The van der Waals surface area contributed by atoms with Crippen molar-refractivity contribution in [2.75, 3.05) is 13.2 Å². The van der Waals surface area contributed by atoms with Crippen LogP contribution in [0.2, 0.25) is 0 Å². The van der Waals surface area contributed by atoms with Crippen LogP contribution in [0.3, 0.4) is 0 Å². The van der Waals surface area contributed by atoms with E-state index in [0.717, 1.165) is 13.8 Å². The molecule has 20 heteroatoms. The molecule has 0 spiro atoms. The molecule has 0 aromatic rings. The number of carboxylic acids is 1. The second-order valence-corrected chi connectivity index (χ2v) is 11.0. The highest BCUT2D eigenvalue weighted by Gasteiger charge is 2.60. The Hall–Kier alpha value is -2.60. The first kappa shape index (κ1) is 36.9. The van der Waals surface area contributed by atoms with Crippen molar-refractivity contribution < 1.29 is 83.3 Å². The van der Waals surface area contributed by atoms with Crippen molar-refractivity contribution >= 4 is 24.3 Å². The lowest BCUT2D eigenvalue weighted by Crippen LogP contribution is -2.72. The number of amides is 2. The second-order valence-electron chi connectivity index (χ2n) is 11.0. The summed E-state index contributed by atoms with van der Waals surface area (Å²) in [6.07, 6.45) is -18.4. The van der Waals surface area contributed by atoms with Crippen LogP contribution in [0, 0.1) is 0 Å². The summed E-state index contributed by atoms with van der Waals surface area (Å²) in [7, 11) is 0. The predicted octanol–water partition coefficient (Wildman–Crippen LogP) is -6.27. The minimum atomic E-state index is -2.85. The quantitative estimate of drug-likeness (QED) is 0.0690. The summed E-state index contributed by atoms with van der Waals surface area (Å²) in [6.45, 7) is 2.14. The largest absolute Gasteiger partial charge is 0.477 e. The average molecular weight is 656 g/mol. The van der Waals surface area contributed by atoms with E-state index in [1.165, 1.54) is 6.92 Å². The van der Waals surface area contributed by atoms with Crippen LogP contribution in [-0.2, 0) is 47.6 Å². The van der Waals surface area contributed by atoms with Gasteiger partial charge < -0.3 is 80.5 Å². The van der Waals surface area contributed by atoms with E-state index in [1.54, 1.807) is 0 Å². The fraction of sp³-hybridized carbons (Fsp3) is 0.840. The van der Waals surface area contributed by atoms with E-state index in [0.29, 0.717) is 0 Å². The molecule has 15 atom stereocenters. The molecule has 3 rings (SSSR count). The normalized spacial score (nSPS) is 41.7. The van der Waals surface area contributed by atoms with Crippen LogP contribution in [0.25, 0.3) is 0 Å². The molecule has 11 N–H and O–H groups in total. The van der Waals surface area contributed by atoms with Gasteiger partial charge >= 0.3 is 11.9 Å². The standard InChI is InChI=1S/C25H41N3O17/c1-8-19(42-10(3)32)21(16(28-9(2)31)23(41-8)43-13-6-40-22(37)18(36)17(13)35)45-25(24(38)39)4-11(33)14(26)20(44-25)15(27-7-30)12(34)5-29/h7-8,11-23,29,33-37H,4-6,26H2,1-3H3,(H,27,30)(H,28,31)(H,38,39)/t8-,11-,12+,13-,14-,15-,16-,17+,18-,19+,20+,21-,22?,23+,25+/m1/s1. The molecule has 0 aliphatic carbocycles. The molecule has 1 unspecified atom stereocenters. The molecule has 3 aliphatic rings. The van der Waals surface area contributed by atoms with Gasteiger partial charge in [0.2, 0.25) is 12.3 Å². The average Bonchev–Trinajstić information content (AvgIpc) is 2.96. The summed E-state index contributed by atoms with van der Waals surface area (Å²) in [4.78, 5) is 48.6. The van der Waals surface area contributed by atoms with Crippen molar-refractivity contribution in [1.29, 1.82) is 0 Å². The summed E-state index contributed by atoms with van der Waals surface area (Å²) in [5, 5.41) is 75.9. The molecule has 3 aliphatic heterocycles. The van der Waals surface area contributed by atoms with Gasteiger partial charge in [-0.1, -0.05) is 0 Å². The number of esters is 1. The van der Waals surface area contributed by atoms with E-state index in [-0.39, 0.29) is 6.41 Å². The van der Waals surface area contributed by atoms with Gasteiger partial charge in [-0.3, -0.25) is 14.4 Å². The predicted molar refractivity (Wildman–Crippen MR) is 141 cm³/mol. The van der Waals surface area contributed by atoms with Crippen molar-refractivity contribution in [2.45, 2.75) is 119 Å². The zero-order chi connectivity index (χ0) is 33.8. The molecular formula is C25H41N3O17. The van der Waals surface area contributed by atoms with Gasteiger partial charge in [-0.15, -0.1) is 0 Å². The summed E-state index contributed by atoms with van der Waals surface area (Å²) < 4.78 is 33.8. The zero-order valence-electron chi connectivity index (χ0n) is 24.6. The molecule has 3 fully saturated rings. The Balaban J connectivity index is 2.07. The molecule has 0 aromatic carbocycles. The number of rotatable bonds is 12. The molecule has 45 heavy (non-hydrogen) atoms. The number of carbonyl (C=O) groups is 4. The number of carboxylic acid groups (broad SMARTS) is 1. The van der Waals surface area contributed by atoms with E-state index >= 15 is 0 Å². The second kappa shape index (κ2) is 15.3. The molecular weight excluding hydrogens is 614 g/mol. The molecule has 2 amide bonds. The van der Waals surface area contributed by atoms with Crippen molar-refractivity contribution in [1.82, 2.24) is 10.6 Å². The van der Waals surface area contributed by atoms with Crippen LogP contribution in [0.5, 0.6) is 0 Å². The fourth-order valence-electron chi connectivity index (χ4n) is 5.46. The number of hydrogen-bond donors (Lipinski definition) is 10. The van der Waals surface area contributed by atoms with Gasteiger partial charge in [0, 0.05) is 20.3 Å². The molecule has 3 saturated heterocycles. The lowest BCUT2D eigenvalue weighted by molar-refractivity contribution is -0.358. The Morgan fingerprint density at radius 1 is 1.13 bits per heavy atom. The van der Waals surface area contributed by atoms with Crippen LogP contribution < -0.4 is 16.4 Å². The first-order chi connectivity index (χ1) is 21.1. The molecule has 258 valence electrons. The third-order valence-electron chi connectivity index (χ3n) is 7.71. The van der Waals surface area contributed by atoms with E-state index in [9.17, 15) is 54.9 Å². The monoisotopic (exact) mass is 655 g/mol. The Labute approximate surface area is 256 Å². The third kappa shape index (κ3) is 8.22. The molecule has 0 bridgehead atoms. The fourth-order valence-corrected chi connectivity index (χ4v) is 5.46.